The molecular weight excluding hydrogens is 458 g/mol. The number of carbonyl (C=O) groups excluding carboxylic acids is 3. The fourth-order valence-corrected chi connectivity index (χ4v) is 2.98. The summed E-state index contributed by atoms with van der Waals surface area (Å²) in [5.41, 5.74) is 5.86. The van der Waals surface area contributed by atoms with Crippen molar-refractivity contribution in [2.75, 3.05) is 32.8 Å². The van der Waals surface area contributed by atoms with Crippen molar-refractivity contribution in [2.24, 2.45) is 5.73 Å². The summed E-state index contributed by atoms with van der Waals surface area (Å²) >= 11 is 0. The number of primary amides is 1. The summed E-state index contributed by atoms with van der Waals surface area (Å²) in [6.07, 6.45) is 1.31. The van der Waals surface area contributed by atoms with Gasteiger partial charge in [0.1, 0.15) is 11.6 Å². The Balaban J connectivity index is 1.73. The Hall–Kier alpha value is -5.05. The molecule has 0 saturated carbocycles. The van der Waals surface area contributed by atoms with Crippen LogP contribution in [0.3, 0.4) is 0 Å². The van der Waals surface area contributed by atoms with E-state index in [-0.39, 0.29) is 34.2 Å². The Morgan fingerprint density at radius 1 is 1.09 bits per heavy atom. The standard InChI is InChI=1S/C23H21N5O7/c1-32-17-8-14(9-18(33-2)21(17)34-12-19(25)29)23(31)35-13-20(30)27-22-15(10-24)11-26-28(22)16-6-4-3-5-7-16/h3-9,11H,12-13H2,1-2H3,(H2,25,29)(H,27,30). The molecule has 0 unspecified atom stereocenters. The first-order valence-corrected chi connectivity index (χ1v) is 10.1. The van der Waals surface area contributed by atoms with Crippen LogP contribution in [-0.2, 0) is 14.3 Å². The van der Waals surface area contributed by atoms with Crippen LogP contribution in [0.5, 0.6) is 17.2 Å². The molecule has 0 bridgehead atoms. The van der Waals surface area contributed by atoms with Gasteiger partial charge >= 0.3 is 5.97 Å². The zero-order valence-electron chi connectivity index (χ0n) is 18.8. The topological polar surface area (TPSA) is 168 Å². The number of para-hydroxylation sites is 1. The Bertz CT molecular complexity index is 1260. The molecule has 12 nitrogen and oxygen atoms in total. The molecular formula is C23H21N5O7. The van der Waals surface area contributed by atoms with Crippen molar-refractivity contribution in [2.45, 2.75) is 0 Å². The van der Waals surface area contributed by atoms with E-state index in [0.29, 0.717) is 5.69 Å². The molecule has 1 heterocycles. The fourth-order valence-electron chi connectivity index (χ4n) is 2.98. The monoisotopic (exact) mass is 479 g/mol. The number of aromatic nitrogens is 2. The molecule has 12 heteroatoms. The van der Waals surface area contributed by atoms with Gasteiger partial charge in [-0.2, -0.15) is 10.4 Å². The van der Waals surface area contributed by atoms with Gasteiger partial charge in [0.2, 0.25) is 5.75 Å². The Morgan fingerprint density at radius 3 is 2.31 bits per heavy atom. The molecule has 180 valence electrons. The summed E-state index contributed by atoms with van der Waals surface area (Å²) in [6.45, 7) is -1.07. The number of anilines is 1. The third-order valence-electron chi connectivity index (χ3n) is 4.54. The molecule has 0 radical (unpaired) electrons. The van der Waals surface area contributed by atoms with E-state index < -0.39 is 31.0 Å². The van der Waals surface area contributed by atoms with Crippen molar-refractivity contribution < 1.29 is 33.3 Å². The Morgan fingerprint density at radius 2 is 1.74 bits per heavy atom. The third-order valence-corrected chi connectivity index (χ3v) is 4.54. The van der Waals surface area contributed by atoms with Crippen molar-refractivity contribution >= 4 is 23.6 Å². The van der Waals surface area contributed by atoms with Gasteiger partial charge in [-0.1, -0.05) is 18.2 Å². The normalized spacial score (nSPS) is 10.1. The van der Waals surface area contributed by atoms with Crippen LogP contribution in [0.1, 0.15) is 15.9 Å². The lowest BCUT2D eigenvalue weighted by Crippen LogP contribution is -2.23. The Kier molecular flexibility index (Phi) is 7.86. The number of ether oxygens (including phenoxy) is 4. The molecule has 3 rings (SSSR count). The second-order valence-corrected chi connectivity index (χ2v) is 6.86. The van der Waals surface area contributed by atoms with Gasteiger partial charge < -0.3 is 30.0 Å². The minimum absolute atomic E-state index is 0.00460. The van der Waals surface area contributed by atoms with Crippen LogP contribution in [0.25, 0.3) is 5.69 Å². The predicted octanol–water partition coefficient (Wildman–Crippen LogP) is 1.42. The zero-order valence-corrected chi connectivity index (χ0v) is 18.8. The number of hydrogen-bond acceptors (Lipinski definition) is 9. The molecule has 0 aliphatic carbocycles. The first kappa shape index (κ1) is 24.6. The van der Waals surface area contributed by atoms with E-state index in [2.05, 4.69) is 10.4 Å². The van der Waals surface area contributed by atoms with Gasteiger partial charge in [-0.25, -0.2) is 9.48 Å². The van der Waals surface area contributed by atoms with Gasteiger partial charge in [-0.15, -0.1) is 0 Å². The number of esters is 1. The number of amides is 2. The van der Waals surface area contributed by atoms with Crippen LogP contribution < -0.4 is 25.3 Å². The van der Waals surface area contributed by atoms with E-state index in [1.165, 1.54) is 37.2 Å². The average molecular weight is 479 g/mol. The van der Waals surface area contributed by atoms with Crippen molar-refractivity contribution in [3.05, 3.63) is 59.8 Å². The molecule has 0 aliphatic rings. The summed E-state index contributed by atoms with van der Waals surface area (Å²) in [4.78, 5) is 36.1. The summed E-state index contributed by atoms with van der Waals surface area (Å²) < 4.78 is 22.2. The lowest BCUT2D eigenvalue weighted by molar-refractivity contribution is -0.120. The quantitative estimate of drug-likeness (QED) is 0.409. The van der Waals surface area contributed by atoms with Crippen LogP contribution in [0.15, 0.2) is 48.7 Å². The highest BCUT2D eigenvalue weighted by atomic mass is 16.5. The molecule has 0 saturated heterocycles. The van der Waals surface area contributed by atoms with Gasteiger partial charge in [-0.05, 0) is 24.3 Å². The minimum Gasteiger partial charge on any atom is -0.493 e. The molecule has 0 atom stereocenters. The maximum atomic E-state index is 12.6. The molecule has 3 aromatic rings. The third kappa shape index (κ3) is 5.85. The number of hydrogen-bond donors (Lipinski definition) is 2. The maximum Gasteiger partial charge on any atom is 0.338 e. The number of nitrogens with two attached hydrogens (primary N) is 1. The summed E-state index contributed by atoms with van der Waals surface area (Å²) in [7, 11) is 2.66. The van der Waals surface area contributed by atoms with E-state index in [1.807, 2.05) is 12.1 Å². The minimum atomic E-state index is -0.852. The van der Waals surface area contributed by atoms with Crippen LogP contribution in [0.2, 0.25) is 0 Å². The number of nitriles is 1. The number of carbonyl (C=O) groups is 3. The predicted molar refractivity (Wildman–Crippen MR) is 121 cm³/mol. The van der Waals surface area contributed by atoms with Gasteiger partial charge in [0.15, 0.2) is 30.5 Å². The van der Waals surface area contributed by atoms with E-state index in [1.54, 1.807) is 24.3 Å². The van der Waals surface area contributed by atoms with E-state index >= 15 is 0 Å². The molecule has 35 heavy (non-hydrogen) atoms. The highest BCUT2D eigenvalue weighted by molar-refractivity contribution is 5.96. The molecule has 0 spiro atoms. The number of benzene rings is 2. The number of methoxy groups -OCH3 is 2. The van der Waals surface area contributed by atoms with Crippen LogP contribution >= 0.6 is 0 Å². The molecule has 2 amide bonds. The van der Waals surface area contributed by atoms with Crippen molar-refractivity contribution in [3.8, 4) is 29.0 Å². The average Bonchev–Trinajstić information content (AvgIpc) is 3.28. The molecule has 0 fully saturated rings. The number of rotatable bonds is 10. The van der Waals surface area contributed by atoms with Crippen LogP contribution in [0.4, 0.5) is 5.82 Å². The first-order valence-electron chi connectivity index (χ1n) is 10.1. The van der Waals surface area contributed by atoms with Gasteiger partial charge in [0, 0.05) is 0 Å². The largest absolute Gasteiger partial charge is 0.493 e. The summed E-state index contributed by atoms with van der Waals surface area (Å²) in [6, 6.07) is 13.4. The first-order chi connectivity index (χ1) is 16.9. The number of nitrogens with one attached hydrogen (secondary N) is 1. The smallest absolute Gasteiger partial charge is 0.338 e. The number of nitrogens with zero attached hydrogens (tertiary/aromatic N) is 3. The molecule has 3 N–H and O–H groups in total. The van der Waals surface area contributed by atoms with E-state index in [0.717, 1.165) is 0 Å². The van der Waals surface area contributed by atoms with Gasteiger partial charge in [0.25, 0.3) is 11.8 Å². The highest BCUT2D eigenvalue weighted by Crippen LogP contribution is 2.38. The summed E-state index contributed by atoms with van der Waals surface area (Å²) in [5.74, 6) is -1.86. The highest BCUT2D eigenvalue weighted by Gasteiger charge is 2.21. The molecule has 1 aromatic heterocycles. The SMILES string of the molecule is COc1cc(C(=O)OCC(=O)Nc2c(C#N)cnn2-c2ccccc2)cc(OC)c1OCC(N)=O. The van der Waals surface area contributed by atoms with Crippen LogP contribution in [-0.4, -0.2) is 55.0 Å². The lowest BCUT2D eigenvalue weighted by Gasteiger charge is -2.15. The van der Waals surface area contributed by atoms with E-state index in [9.17, 15) is 19.6 Å². The second-order valence-electron chi connectivity index (χ2n) is 6.86. The molecule has 0 aliphatic heterocycles. The lowest BCUT2D eigenvalue weighted by atomic mass is 10.2. The van der Waals surface area contributed by atoms with Crippen molar-refractivity contribution in [1.29, 1.82) is 5.26 Å². The van der Waals surface area contributed by atoms with E-state index in [4.69, 9.17) is 24.7 Å². The fraction of sp³-hybridized carbons (Fsp3) is 0.174. The maximum absolute atomic E-state index is 12.6. The Labute approximate surface area is 199 Å². The van der Waals surface area contributed by atoms with Gasteiger partial charge in [-0.3, -0.25) is 9.59 Å². The summed E-state index contributed by atoms with van der Waals surface area (Å²) in [5, 5.41) is 16.0. The van der Waals surface area contributed by atoms with Crippen molar-refractivity contribution in [3.63, 3.8) is 0 Å². The zero-order chi connectivity index (χ0) is 25.4. The van der Waals surface area contributed by atoms with Crippen LogP contribution in [0, 0.1) is 11.3 Å². The van der Waals surface area contributed by atoms with Gasteiger partial charge in [0.05, 0.1) is 31.7 Å². The molecule has 2 aromatic carbocycles. The van der Waals surface area contributed by atoms with Crippen molar-refractivity contribution in [1.82, 2.24) is 9.78 Å². The second kappa shape index (κ2) is 11.2.